The van der Waals surface area contributed by atoms with E-state index in [4.69, 9.17) is 5.11 Å². The van der Waals surface area contributed by atoms with Crippen LogP contribution < -0.4 is 5.32 Å². The maximum absolute atomic E-state index is 11.0. The van der Waals surface area contributed by atoms with Gasteiger partial charge in [-0.05, 0) is 59.8 Å². The first-order valence-corrected chi connectivity index (χ1v) is 6.54. The first-order chi connectivity index (χ1) is 7.99. The number of carboxylic acid groups (broad SMARTS) is 1. The molecule has 0 radical (unpaired) electrons. The number of hydrogen-bond acceptors (Lipinski definition) is 2. The average Bonchev–Trinajstić information content (AvgIpc) is 2.12. The highest BCUT2D eigenvalue weighted by Gasteiger charge is 2.36. The number of benzene rings is 1. The molecule has 0 amide bonds. The lowest BCUT2D eigenvalue weighted by Crippen LogP contribution is -2.43. The Balaban J connectivity index is 2.17. The lowest BCUT2D eigenvalue weighted by atomic mass is 9.79. The van der Waals surface area contributed by atoms with Crippen molar-refractivity contribution in [2.75, 3.05) is 5.32 Å². The van der Waals surface area contributed by atoms with Gasteiger partial charge in [0.25, 0.3) is 0 Å². The summed E-state index contributed by atoms with van der Waals surface area (Å²) in [6.45, 7) is 4.08. The van der Waals surface area contributed by atoms with Crippen molar-refractivity contribution < 1.29 is 9.90 Å². The predicted molar refractivity (Wildman–Crippen MR) is 71.4 cm³/mol. The highest BCUT2D eigenvalue weighted by atomic mass is 79.9. The third kappa shape index (κ3) is 2.46. The third-order valence-electron chi connectivity index (χ3n) is 3.35. The number of aryl methyl sites for hydroxylation is 2. The van der Waals surface area contributed by atoms with Crippen LogP contribution in [0.25, 0.3) is 0 Å². The van der Waals surface area contributed by atoms with Crippen molar-refractivity contribution in [2.24, 2.45) is 5.92 Å². The largest absolute Gasteiger partial charge is 0.481 e. The summed E-state index contributed by atoms with van der Waals surface area (Å²) in [4.78, 5) is 11.0. The van der Waals surface area contributed by atoms with Gasteiger partial charge in [-0.15, -0.1) is 0 Å². The molecule has 2 N–H and O–H groups in total. The minimum absolute atomic E-state index is 0.0604. The number of carboxylic acids is 1. The minimum Gasteiger partial charge on any atom is -0.481 e. The first kappa shape index (κ1) is 12.4. The lowest BCUT2D eigenvalue weighted by Gasteiger charge is -2.35. The zero-order valence-electron chi connectivity index (χ0n) is 9.96. The Morgan fingerprint density at radius 3 is 2.59 bits per heavy atom. The Labute approximate surface area is 109 Å². The molecule has 1 fully saturated rings. The van der Waals surface area contributed by atoms with Gasteiger partial charge in [-0.25, -0.2) is 0 Å². The molecule has 0 spiro atoms. The molecular formula is C13H16BrNO2. The van der Waals surface area contributed by atoms with Crippen molar-refractivity contribution >= 4 is 27.6 Å². The number of rotatable bonds is 3. The monoisotopic (exact) mass is 297 g/mol. The Hall–Kier alpha value is -1.03. The fraction of sp³-hybridized carbons (Fsp3) is 0.462. The van der Waals surface area contributed by atoms with Gasteiger partial charge in [0.15, 0.2) is 0 Å². The van der Waals surface area contributed by atoms with E-state index in [0.29, 0.717) is 0 Å². The second-order valence-corrected chi connectivity index (χ2v) is 5.57. The van der Waals surface area contributed by atoms with Crippen LogP contribution in [0, 0.1) is 19.8 Å². The fourth-order valence-electron chi connectivity index (χ4n) is 2.25. The molecule has 4 heteroatoms. The maximum Gasteiger partial charge on any atom is 0.308 e. The average molecular weight is 298 g/mol. The standard InChI is InChI=1S/C13H16BrNO2/c1-7-5-8(2)12(10(14)6-7)15-11-4-3-9(11)13(16)17/h5-6,9,11,15H,3-4H2,1-2H3,(H,16,17). The molecule has 2 unspecified atom stereocenters. The van der Waals surface area contributed by atoms with Crippen LogP contribution in [0.2, 0.25) is 0 Å². The van der Waals surface area contributed by atoms with Gasteiger partial charge in [-0.1, -0.05) is 6.07 Å². The SMILES string of the molecule is Cc1cc(C)c(NC2CCC2C(=O)O)c(Br)c1. The molecule has 3 nitrogen and oxygen atoms in total. The fourth-order valence-corrected chi connectivity index (χ4v) is 3.04. The molecule has 1 saturated carbocycles. The molecule has 1 aromatic carbocycles. The smallest absolute Gasteiger partial charge is 0.308 e. The Kier molecular flexibility index (Phi) is 3.43. The molecule has 0 saturated heterocycles. The zero-order valence-corrected chi connectivity index (χ0v) is 11.5. The van der Waals surface area contributed by atoms with E-state index in [9.17, 15) is 4.79 Å². The quantitative estimate of drug-likeness (QED) is 0.899. The first-order valence-electron chi connectivity index (χ1n) is 5.75. The highest BCUT2D eigenvalue weighted by molar-refractivity contribution is 9.10. The number of halogens is 1. The molecule has 92 valence electrons. The molecule has 0 aliphatic heterocycles. The number of hydrogen-bond donors (Lipinski definition) is 2. The molecule has 0 aromatic heterocycles. The van der Waals surface area contributed by atoms with Gasteiger partial charge >= 0.3 is 5.97 Å². The summed E-state index contributed by atoms with van der Waals surface area (Å²) in [5.74, 6) is -0.947. The van der Waals surface area contributed by atoms with Gasteiger partial charge in [0, 0.05) is 10.5 Å². The van der Waals surface area contributed by atoms with Crippen LogP contribution >= 0.6 is 15.9 Å². The van der Waals surface area contributed by atoms with E-state index in [-0.39, 0.29) is 12.0 Å². The van der Waals surface area contributed by atoms with E-state index >= 15 is 0 Å². The predicted octanol–water partition coefficient (Wildman–Crippen LogP) is 3.34. The lowest BCUT2D eigenvalue weighted by molar-refractivity contribution is -0.144. The second-order valence-electron chi connectivity index (χ2n) is 4.71. The van der Waals surface area contributed by atoms with Crippen molar-refractivity contribution in [2.45, 2.75) is 32.7 Å². The summed E-state index contributed by atoms with van der Waals surface area (Å²) in [5.41, 5.74) is 3.36. The summed E-state index contributed by atoms with van der Waals surface area (Å²) < 4.78 is 1.01. The Bertz CT molecular complexity index is 436. The topological polar surface area (TPSA) is 49.3 Å². The van der Waals surface area contributed by atoms with Gasteiger partial charge in [0.2, 0.25) is 0 Å². The molecule has 0 heterocycles. The van der Waals surface area contributed by atoms with Crippen LogP contribution in [0.3, 0.4) is 0 Å². The van der Waals surface area contributed by atoms with Crippen LogP contribution in [-0.4, -0.2) is 17.1 Å². The Morgan fingerprint density at radius 2 is 2.12 bits per heavy atom. The van der Waals surface area contributed by atoms with E-state index in [1.807, 2.05) is 19.9 Å². The van der Waals surface area contributed by atoms with Gasteiger partial charge in [-0.2, -0.15) is 0 Å². The molecular weight excluding hydrogens is 282 g/mol. The van der Waals surface area contributed by atoms with Crippen LogP contribution in [0.1, 0.15) is 24.0 Å². The van der Waals surface area contributed by atoms with Crippen LogP contribution in [0.4, 0.5) is 5.69 Å². The molecule has 1 aromatic rings. The molecule has 2 atom stereocenters. The van der Waals surface area contributed by atoms with Gasteiger partial charge in [-0.3, -0.25) is 4.79 Å². The normalized spacial score (nSPS) is 23.0. The van der Waals surface area contributed by atoms with Crippen molar-refractivity contribution in [1.29, 1.82) is 0 Å². The molecule has 1 aliphatic carbocycles. The van der Waals surface area contributed by atoms with Crippen molar-refractivity contribution in [3.05, 3.63) is 27.7 Å². The van der Waals surface area contributed by atoms with Crippen molar-refractivity contribution in [1.82, 2.24) is 0 Å². The number of anilines is 1. The number of carbonyl (C=O) groups is 1. The van der Waals surface area contributed by atoms with E-state index in [1.54, 1.807) is 0 Å². The summed E-state index contributed by atoms with van der Waals surface area (Å²) >= 11 is 3.53. The van der Waals surface area contributed by atoms with Gasteiger partial charge < -0.3 is 10.4 Å². The van der Waals surface area contributed by atoms with Gasteiger partial charge in [0.05, 0.1) is 11.6 Å². The molecule has 2 rings (SSSR count). The van der Waals surface area contributed by atoms with Crippen LogP contribution in [0.15, 0.2) is 16.6 Å². The summed E-state index contributed by atoms with van der Waals surface area (Å²) in [6.07, 6.45) is 1.70. The maximum atomic E-state index is 11.0. The number of aliphatic carboxylic acids is 1. The van der Waals surface area contributed by atoms with E-state index < -0.39 is 5.97 Å². The number of nitrogens with one attached hydrogen (secondary N) is 1. The third-order valence-corrected chi connectivity index (χ3v) is 3.98. The molecule has 0 bridgehead atoms. The van der Waals surface area contributed by atoms with E-state index in [2.05, 4.69) is 27.3 Å². The van der Waals surface area contributed by atoms with Gasteiger partial charge in [0.1, 0.15) is 0 Å². The van der Waals surface area contributed by atoms with E-state index in [1.165, 1.54) is 5.56 Å². The highest BCUT2D eigenvalue weighted by Crippen LogP contribution is 2.35. The van der Waals surface area contributed by atoms with Crippen LogP contribution in [-0.2, 0) is 4.79 Å². The van der Waals surface area contributed by atoms with E-state index in [0.717, 1.165) is 28.6 Å². The summed E-state index contributed by atoms with van der Waals surface area (Å²) in [6, 6.07) is 4.20. The van der Waals surface area contributed by atoms with Crippen molar-refractivity contribution in [3.63, 3.8) is 0 Å². The van der Waals surface area contributed by atoms with Crippen LogP contribution in [0.5, 0.6) is 0 Å². The second kappa shape index (κ2) is 4.69. The minimum atomic E-state index is -0.699. The summed E-state index contributed by atoms with van der Waals surface area (Å²) in [5, 5.41) is 12.4. The zero-order chi connectivity index (χ0) is 12.6. The molecule has 17 heavy (non-hydrogen) atoms. The molecule has 1 aliphatic rings. The Morgan fingerprint density at radius 1 is 1.41 bits per heavy atom. The van der Waals surface area contributed by atoms with Crippen molar-refractivity contribution in [3.8, 4) is 0 Å². The summed E-state index contributed by atoms with van der Waals surface area (Å²) in [7, 11) is 0.